The Kier molecular flexibility index (Phi) is 7.63. The van der Waals surface area contributed by atoms with E-state index in [0.29, 0.717) is 17.1 Å². The van der Waals surface area contributed by atoms with Gasteiger partial charge in [-0.2, -0.15) is 4.72 Å². The van der Waals surface area contributed by atoms with Crippen LogP contribution in [0.5, 0.6) is 17.4 Å². The van der Waals surface area contributed by atoms with Gasteiger partial charge >= 0.3 is 0 Å². The third-order valence-corrected chi connectivity index (χ3v) is 7.02. The van der Waals surface area contributed by atoms with E-state index in [2.05, 4.69) is 14.7 Å². The summed E-state index contributed by atoms with van der Waals surface area (Å²) in [4.78, 5) is 8.35. The number of anilines is 1. The van der Waals surface area contributed by atoms with Crippen LogP contribution in [0.2, 0.25) is 0 Å². The molecule has 198 valence electrons. The third kappa shape index (κ3) is 5.75. The highest BCUT2D eigenvalue weighted by atomic mass is 32.2. The number of hydrogen-bond donors (Lipinski definition) is 3. The van der Waals surface area contributed by atoms with Crippen LogP contribution < -0.4 is 19.9 Å². The molecule has 2 aromatic carbocycles. The Balaban J connectivity index is 1.81. The van der Waals surface area contributed by atoms with Gasteiger partial charge in [0.1, 0.15) is 29.4 Å². The van der Waals surface area contributed by atoms with Crippen LogP contribution in [0, 0.1) is 26.6 Å². The van der Waals surface area contributed by atoms with Crippen LogP contribution >= 0.6 is 0 Å². The molecule has 0 amide bonds. The first-order valence-electron chi connectivity index (χ1n) is 11.5. The fourth-order valence-corrected chi connectivity index (χ4v) is 5.07. The third-order valence-electron chi connectivity index (χ3n) is 5.71. The van der Waals surface area contributed by atoms with Crippen LogP contribution in [0.15, 0.2) is 65.7 Å². The Hall–Kier alpha value is -4.06. The lowest BCUT2D eigenvalue weighted by Gasteiger charge is -2.19. The van der Waals surface area contributed by atoms with Gasteiger partial charge in [-0.15, -0.1) is 0 Å². The summed E-state index contributed by atoms with van der Waals surface area (Å²) < 4.78 is 53.6. The quantitative estimate of drug-likeness (QED) is 0.278. The zero-order chi connectivity index (χ0) is 27.6. The second-order valence-corrected chi connectivity index (χ2v) is 10.4. The Morgan fingerprint density at radius 3 is 2.37 bits per heavy atom. The summed E-state index contributed by atoms with van der Waals surface area (Å²) in [6.07, 6.45) is -1.76. The Bertz CT molecular complexity index is 1590. The van der Waals surface area contributed by atoms with E-state index >= 15 is 0 Å². The molecule has 0 aliphatic carbocycles. The average molecular weight is 539 g/mol. The zero-order valence-corrected chi connectivity index (χ0v) is 22.0. The predicted octanol–water partition coefficient (Wildman–Crippen LogP) is 4.56. The van der Waals surface area contributed by atoms with Crippen molar-refractivity contribution in [2.45, 2.75) is 32.0 Å². The van der Waals surface area contributed by atoms with Crippen LogP contribution in [-0.2, 0) is 10.0 Å². The maximum atomic E-state index is 14.1. The monoisotopic (exact) mass is 538 g/mol. The molecule has 38 heavy (non-hydrogen) atoms. The maximum absolute atomic E-state index is 14.1. The molecule has 0 aliphatic heterocycles. The first-order chi connectivity index (χ1) is 18.0. The number of rotatable bonds is 8. The molecule has 4 N–H and O–H groups in total. The number of nitrogens with two attached hydrogens (primary N) is 1. The topological polar surface area (TPSA) is 137 Å². The first kappa shape index (κ1) is 27.0. The number of halogens is 1. The smallest absolute Gasteiger partial charge is 0.260 e. The fourth-order valence-electron chi connectivity index (χ4n) is 4.05. The van der Waals surface area contributed by atoms with Gasteiger partial charge in [-0.05, 0) is 74.4 Å². The Morgan fingerprint density at radius 1 is 1.00 bits per heavy atom. The highest BCUT2D eigenvalue weighted by molar-refractivity contribution is 7.89. The number of aliphatic hydroxyl groups is 1. The molecule has 0 radical (unpaired) electrons. The van der Waals surface area contributed by atoms with Crippen molar-refractivity contribution >= 4 is 15.8 Å². The SMILES string of the molecule is COc1ccc(F)cc1-c1ccc(C(O)NS(=O)(=O)c2cccc(N)n2)c(Oc2c(C)cc(C)cc2C)n1. The molecule has 2 heterocycles. The van der Waals surface area contributed by atoms with Gasteiger partial charge in [0.25, 0.3) is 10.0 Å². The van der Waals surface area contributed by atoms with Crippen molar-refractivity contribution in [1.82, 2.24) is 14.7 Å². The van der Waals surface area contributed by atoms with E-state index in [4.69, 9.17) is 15.2 Å². The summed E-state index contributed by atoms with van der Waals surface area (Å²) >= 11 is 0. The highest BCUT2D eigenvalue weighted by Gasteiger charge is 2.26. The predicted molar refractivity (Wildman–Crippen MR) is 141 cm³/mol. The normalized spacial score (nSPS) is 12.3. The van der Waals surface area contributed by atoms with Gasteiger partial charge < -0.3 is 20.3 Å². The number of nitrogens with zero attached hydrogens (tertiary/aromatic N) is 2. The van der Waals surface area contributed by atoms with Crippen molar-refractivity contribution in [3.63, 3.8) is 0 Å². The molecule has 0 spiro atoms. The van der Waals surface area contributed by atoms with Crippen molar-refractivity contribution in [2.24, 2.45) is 0 Å². The minimum Gasteiger partial charge on any atom is -0.496 e. The number of benzene rings is 2. The van der Waals surface area contributed by atoms with Crippen molar-refractivity contribution in [2.75, 3.05) is 12.8 Å². The number of ether oxygens (including phenoxy) is 2. The largest absolute Gasteiger partial charge is 0.496 e. The molecule has 0 aliphatic rings. The van der Waals surface area contributed by atoms with Gasteiger partial charge in [-0.3, -0.25) is 0 Å². The molecule has 4 rings (SSSR count). The lowest BCUT2D eigenvalue weighted by molar-refractivity contribution is 0.162. The van der Waals surface area contributed by atoms with E-state index in [9.17, 15) is 17.9 Å². The van der Waals surface area contributed by atoms with Crippen molar-refractivity contribution in [1.29, 1.82) is 0 Å². The van der Waals surface area contributed by atoms with E-state index in [1.807, 2.05) is 32.9 Å². The zero-order valence-electron chi connectivity index (χ0n) is 21.2. The molecule has 11 heteroatoms. The van der Waals surface area contributed by atoms with Crippen LogP contribution in [-0.4, -0.2) is 30.6 Å². The van der Waals surface area contributed by atoms with Crippen molar-refractivity contribution in [3.05, 3.63) is 88.7 Å². The summed E-state index contributed by atoms with van der Waals surface area (Å²) in [6.45, 7) is 5.67. The second-order valence-electron chi connectivity index (χ2n) is 8.69. The lowest BCUT2D eigenvalue weighted by atomic mass is 10.1. The summed E-state index contributed by atoms with van der Waals surface area (Å²) in [6, 6.07) is 14.9. The number of hydrogen-bond acceptors (Lipinski definition) is 8. The number of sulfonamides is 1. The molecule has 0 saturated carbocycles. The highest BCUT2D eigenvalue weighted by Crippen LogP contribution is 2.36. The van der Waals surface area contributed by atoms with Crippen LogP contribution in [0.25, 0.3) is 11.3 Å². The second kappa shape index (κ2) is 10.7. The van der Waals surface area contributed by atoms with E-state index in [1.54, 1.807) is 0 Å². The number of aliphatic hydroxyl groups excluding tert-OH is 1. The molecule has 0 bridgehead atoms. The summed E-state index contributed by atoms with van der Waals surface area (Å²) in [7, 11) is -2.82. The number of aromatic nitrogens is 2. The van der Waals surface area contributed by atoms with Gasteiger partial charge in [-0.1, -0.05) is 23.8 Å². The van der Waals surface area contributed by atoms with Crippen LogP contribution in [0.1, 0.15) is 28.5 Å². The molecular weight excluding hydrogens is 511 g/mol. The van der Waals surface area contributed by atoms with Gasteiger partial charge in [0.05, 0.1) is 18.4 Å². The average Bonchev–Trinajstić information content (AvgIpc) is 2.85. The minimum absolute atomic E-state index is 0.00627. The molecule has 4 aromatic rings. The lowest BCUT2D eigenvalue weighted by Crippen LogP contribution is -2.29. The van der Waals surface area contributed by atoms with Gasteiger partial charge in [0.15, 0.2) is 5.03 Å². The Labute approximate surface area is 220 Å². The first-order valence-corrected chi connectivity index (χ1v) is 13.0. The van der Waals surface area contributed by atoms with Gasteiger partial charge in [-0.25, -0.2) is 22.8 Å². The standard InChI is InChI=1S/C27H27FN4O5S/c1-15-12-16(2)25(17(3)13-15)37-27-19(26(33)32-38(34,35)24-7-5-6-23(29)31-24)9-10-21(30-27)20-14-18(28)8-11-22(20)36-4/h5-14,26,32-33H,1-4H3,(H2,29,31). The summed E-state index contributed by atoms with van der Waals surface area (Å²) in [5.41, 5.74) is 8.92. The molecule has 0 fully saturated rings. The van der Waals surface area contributed by atoms with E-state index < -0.39 is 22.1 Å². The van der Waals surface area contributed by atoms with E-state index in [-0.39, 0.29) is 28.0 Å². The molecule has 9 nitrogen and oxygen atoms in total. The van der Waals surface area contributed by atoms with Crippen LogP contribution in [0.3, 0.4) is 0 Å². The minimum atomic E-state index is -4.26. The number of nitrogen functional groups attached to an aromatic ring is 1. The van der Waals surface area contributed by atoms with Crippen molar-refractivity contribution < 1.29 is 27.4 Å². The molecule has 2 aromatic heterocycles. The van der Waals surface area contributed by atoms with E-state index in [0.717, 1.165) is 16.7 Å². The number of methoxy groups -OCH3 is 1. The fraction of sp³-hybridized carbons (Fsp3) is 0.185. The van der Waals surface area contributed by atoms with E-state index in [1.165, 1.54) is 55.6 Å². The maximum Gasteiger partial charge on any atom is 0.260 e. The van der Waals surface area contributed by atoms with Crippen LogP contribution in [0.4, 0.5) is 10.2 Å². The molecule has 1 unspecified atom stereocenters. The molecule has 1 atom stereocenters. The molecular formula is C27H27FN4O5S. The van der Waals surface area contributed by atoms with Crippen molar-refractivity contribution in [3.8, 4) is 28.6 Å². The summed E-state index contributed by atoms with van der Waals surface area (Å²) in [5, 5.41) is 10.6. The number of pyridine rings is 2. The van der Waals surface area contributed by atoms with Gasteiger partial charge in [0.2, 0.25) is 5.88 Å². The summed E-state index contributed by atoms with van der Waals surface area (Å²) in [5.74, 6) is 0.280. The number of aryl methyl sites for hydroxylation is 3. The van der Waals surface area contributed by atoms with Gasteiger partial charge in [0, 0.05) is 5.56 Å². The Morgan fingerprint density at radius 2 is 1.71 bits per heavy atom. The number of nitrogens with one attached hydrogen (secondary N) is 1. The molecule has 0 saturated heterocycles.